The van der Waals surface area contributed by atoms with E-state index in [0.29, 0.717) is 50.0 Å². The molecule has 4 atom stereocenters. The van der Waals surface area contributed by atoms with Crippen LogP contribution in [0.15, 0.2) is 0 Å². The van der Waals surface area contributed by atoms with Crippen molar-refractivity contribution in [2.75, 3.05) is 11.5 Å². The Bertz CT molecular complexity index is 436. The zero-order valence-electron chi connectivity index (χ0n) is 12.7. The average molecular weight is 350 g/mol. The molecule has 0 aromatic carbocycles. The van der Waals surface area contributed by atoms with Gasteiger partial charge in [-0.25, -0.2) is 0 Å². The Morgan fingerprint density at radius 1 is 0.955 bits per heavy atom. The van der Waals surface area contributed by atoms with Crippen LogP contribution in [0.25, 0.3) is 0 Å². The van der Waals surface area contributed by atoms with Crippen LogP contribution in [-0.4, -0.2) is 48.7 Å². The minimum atomic E-state index is -1.21. The number of esters is 2. The number of carbonyl (C=O) groups is 2. The molecular weight excluding hydrogens is 328 g/mol. The number of hydrogen-bond donors (Lipinski definition) is 0. The molecule has 2 aliphatic heterocycles. The van der Waals surface area contributed by atoms with Gasteiger partial charge < -0.3 is 9.47 Å². The number of carbonyl (C=O) groups excluding carboxylic acids is 2. The molecule has 0 aromatic heterocycles. The van der Waals surface area contributed by atoms with Crippen molar-refractivity contribution in [3.63, 3.8) is 0 Å². The third kappa shape index (κ3) is 5.15. The predicted molar refractivity (Wildman–Crippen MR) is 82.9 cm³/mol. The largest absolute Gasteiger partial charge is 0.462 e. The van der Waals surface area contributed by atoms with Gasteiger partial charge in [0, 0.05) is 45.9 Å². The molecule has 6 nitrogen and oxygen atoms in total. The average Bonchev–Trinajstić information content (AvgIpc) is 3.09. The molecule has 2 heterocycles. The maximum absolute atomic E-state index is 12.2. The van der Waals surface area contributed by atoms with E-state index >= 15 is 0 Å². The summed E-state index contributed by atoms with van der Waals surface area (Å²) in [6, 6.07) is 0. The van der Waals surface area contributed by atoms with Crippen LogP contribution in [0, 0.1) is 0 Å². The molecule has 8 heteroatoms. The highest BCUT2D eigenvalue weighted by Crippen LogP contribution is 2.20. The molecule has 0 bridgehead atoms. The molecule has 0 saturated carbocycles. The minimum Gasteiger partial charge on any atom is -0.462 e. The normalized spacial score (nSPS) is 29.0. The van der Waals surface area contributed by atoms with Crippen LogP contribution in [0.4, 0.5) is 0 Å². The summed E-state index contributed by atoms with van der Waals surface area (Å²) in [5, 5.41) is 0. The number of rotatable bonds is 8. The first-order valence-electron chi connectivity index (χ1n) is 7.59. The zero-order chi connectivity index (χ0) is 16.1. The van der Waals surface area contributed by atoms with Gasteiger partial charge in [-0.3, -0.25) is 18.0 Å². The van der Waals surface area contributed by atoms with Gasteiger partial charge in [0.2, 0.25) is 0 Å². The van der Waals surface area contributed by atoms with E-state index in [9.17, 15) is 18.0 Å². The lowest BCUT2D eigenvalue weighted by Crippen LogP contribution is -2.25. The SMILES string of the molecule is CC(S(=O)CCC1CCC(=O)O1)S(=O)CCC1CCC(=O)O1. The Morgan fingerprint density at radius 3 is 1.68 bits per heavy atom. The molecule has 126 valence electrons. The molecule has 0 spiro atoms. The Balaban J connectivity index is 1.66. The fourth-order valence-electron chi connectivity index (χ4n) is 2.52. The van der Waals surface area contributed by atoms with E-state index < -0.39 is 26.2 Å². The van der Waals surface area contributed by atoms with E-state index in [1.54, 1.807) is 6.92 Å². The molecule has 0 aliphatic carbocycles. The second-order valence-corrected chi connectivity index (χ2v) is 9.67. The van der Waals surface area contributed by atoms with E-state index in [1.807, 2.05) is 0 Å². The second kappa shape index (κ2) is 8.19. The highest BCUT2D eigenvalue weighted by atomic mass is 32.2. The Morgan fingerprint density at radius 2 is 1.36 bits per heavy atom. The fraction of sp³-hybridized carbons (Fsp3) is 0.857. The maximum atomic E-state index is 12.2. The molecule has 2 fully saturated rings. The standard InChI is InChI=1S/C14H22O6S2/c1-10(21(17)8-6-11-2-4-13(15)19-11)22(18)9-7-12-3-5-14(16)20-12/h10-12H,2-9H2,1H3. The third-order valence-electron chi connectivity index (χ3n) is 3.96. The van der Waals surface area contributed by atoms with Gasteiger partial charge in [0.05, 0.1) is 0 Å². The lowest BCUT2D eigenvalue weighted by molar-refractivity contribution is -0.142. The van der Waals surface area contributed by atoms with E-state index in [0.717, 1.165) is 0 Å². The summed E-state index contributed by atoms with van der Waals surface area (Å²) in [7, 11) is -2.42. The van der Waals surface area contributed by atoms with E-state index in [1.165, 1.54) is 0 Å². The Kier molecular flexibility index (Phi) is 6.55. The van der Waals surface area contributed by atoms with Crippen molar-refractivity contribution < 1.29 is 27.5 Å². The first-order valence-corrected chi connectivity index (χ1v) is 10.4. The predicted octanol–water partition coefficient (Wildman–Crippen LogP) is 1.02. The van der Waals surface area contributed by atoms with Crippen LogP contribution in [0.2, 0.25) is 0 Å². The summed E-state index contributed by atoms with van der Waals surface area (Å²) in [6.45, 7) is 1.72. The van der Waals surface area contributed by atoms with Crippen molar-refractivity contribution in [1.29, 1.82) is 0 Å². The first kappa shape index (κ1) is 17.6. The van der Waals surface area contributed by atoms with Crippen LogP contribution >= 0.6 is 0 Å². The Hall–Kier alpha value is -0.760. The highest BCUT2D eigenvalue weighted by Gasteiger charge is 2.27. The zero-order valence-corrected chi connectivity index (χ0v) is 14.3. The number of cyclic esters (lactones) is 2. The molecule has 0 aromatic rings. The highest BCUT2D eigenvalue weighted by molar-refractivity contribution is 8.02. The van der Waals surface area contributed by atoms with Crippen molar-refractivity contribution in [2.24, 2.45) is 0 Å². The van der Waals surface area contributed by atoms with E-state index in [-0.39, 0.29) is 24.1 Å². The van der Waals surface area contributed by atoms with Crippen LogP contribution in [0.5, 0.6) is 0 Å². The number of ether oxygens (including phenoxy) is 2. The summed E-state index contributed by atoms with van der Waals surface area (Å²) < 4.78 is 34.1. The molecular formula is C14H22O6S2. The maximum Gasteiger partial charge on any atom is 0.306 e. The van der Waals surface area contributed by atoms with Gasteiger partial charge >= 0.3 is 11.9 Å². The summed E-state index contributed by atoms with van der Waals surface area (Å²) in [6.07, 6.45) is 3.05. The van der Waals surface area contributed by atoms with Gasteiger partial charge in [-0.2, -0.15) is 0 Å². The molecule has 0 N–H and O–H groups in total. The van der Waals surface area contributed by atoms with Crippen LogP contribution in [-0.2, 0) is 40.7 Å². The van der Waals surface area contributed by atoms with Crippen LogP contribution < -0.4 is 0 Å². The molecule has 22 heavy (non-hydrogen) atoms. The minimum absolute atomic E-state index is 0.144. The van der Waals surface area contributed by atoms with Crippen molar-refractivity contribution in [3.05, 3.63) is 0 Å². The smallest absolute Gasteiger partial charge is 0.306 e. The van der Waals surface area contributed by atoms with Gasteiger partial charge in [-0.05, 0) is 32.6 Å². The second-order valence-electron chi connectivity index (χ2n) is 5.62. The Labute approximate surface area is 135 Å². The van der Waals surface area contributed by atoms with Gasteiger partial charge in [-0.1, -0.05) is 0 Å². The summed E-state index contributed by atoms with van der Waals surface area (Å²) in [5.74, 6) is 0.393. The van der Waals surface area contributed by atoms with Crippen molar-refractivity contribution >= 4 is 33.5 Å². The van der Waals surface area contributed by atoms with E-state index in [4.69, 9.17) is 9.47 Å². The molecule has 0 amide bonds. The van der Waals surface area contributed by atoms with Gasteiger partial charge in [-0.15, -0.1) is 0 Å². The topological polar surface area (TPSA) is 86.7 Å². The molecule has 2 rings (SSSR count). The fourth-order valence-corrected chi connectivity index (χ4v) is 5.71. The lowest BCUT2D eigenvalue weighted by Gasteiger charge is -2.14. The van der Waals surface area contributed by atoms with Crippen molar-refractivity contribution in [2.45, 2.75) is 62.2 Å². The van der Waals surface area contributed by atoms with Gasteiger partial charge in [0.1, 0.15) is 16.8 Å². The number of hydrogen-bond acceptors (Lipinski definition) is 6. The molecule has 2 aliphatic rings. The monoisotopic (exact) mass is 350 g/mol. The molecule has 2 saturated heterocycles. The van der Waals surface area contributed by atoms with E-state index in [2.05, 4.69) is 0 Å². The summed E-state index contributed by atoms with van der Waals surface area (Å²) in [5.41, 5.74) is 0. The van der Waals surface area contributed by atoms with Crippen LogP contribution in [0.1, 0.15) is 45.4 Å². The van der Waals surface area contributed by atoms with Crippen molar-refractivity contribution in [1.82, 2.24) is 0 Å². The molecule has 0 radical (unpaired) electrons. The molecule has 4 unspecified atom stereocenters. The summed E-state index contributed by atoms with van der Waals surface area (Å²) in [4.78, 5) is 22.0. The lowest BCUT2D eigenvalue weighted by atomic mass is 10.2. The van der Waals surface area contributed by atoms with Gasteiger partial charge in [0.15, 0.2) is 0 Å². The quantitative estimate of drug-likeness (QED) is 0.608. The van der Waals surface area contributed by atoms with Crippen molar-refractivity contribution in [3.8, 4) is 0 Å². The van der Waals surface area contributed by atoms with Crippen LogP contribution in [0.3, 0.4) is 0 Å². The third-order valence-corrected chi connectivity index (χ3v) is 8.00. The van der Waals surface area contributed by atoms with Gasteiger partial charge in [0.25, 0.3) is 0 Å². The first-order chi connectivity index (χ1) is 10.5. The summed E-state index contributed by atoms with van der Waals surface area (Å²) >= 11 is 0.